The van der Waals surface area contributed by atoms with Crippen molar-refractivity contribution in [3.05, 3.63) is 53.1 Å². The highest BCUT2D eigenvalue weighted by atomic mass is 16.6. The minimum Gasteiger partial charge on any atom is -0.462 e. The second kappa shape index (κ2) is 12.2. The van der Waals surface area contributed by atoms with E-state index in [2.05, 4.69) is 33.8 Å². The van der Waals surface area contributed by atoms with E-state index in [9.17, 15) is 19.2 Å². The number of allylic oxidation sites excluding steroid dienone is 4. The Morgan fingerprint density at radius 1 is 1.00 bits per heavy atom. The molecule has 0 bridgehead atoms. The van der Waals surface area contributed by atoms with Gasteiger partial charge >= 0.3 is 11.9 Å². The first kappa shape index (κ1) is 31.7. The third-order valence-electron chi connectivity index (χ3n) is 10.7. The van der Waals surface area contributed by atoms with Gasteiger partial charge in [-0.3, -0.25) is 14.4 Å². The van der Waals surface area contributed by atoms with Gasteiger partial charge in [0.15, 0.2) is 17.2 Å². The van der Waals surface area contributed by atoms with Crippen molar-refractivity contribution in [2.45, 2.75) is 98.5 Å². The fraction of sp³-hybridized carbons (Fsp3) is 0.600. The number of fused-ring (bicyclic) bond motifs is 5. The van der Waals surface area contributed by atoms with E-state index in [1.54, 1.807) is 31.2 Å². The van der Waals surface area contributed by atoms with Crippen molar-refractivity contribution in [3.63, 3.8) is 0 Å². The van der Waals surface area contributed by atoms with Crippen LogP contribution >= 0.6 is 0 Å². The van der Waals surface area contributed by atoms with Gasteiger partial charge in [0.05, 0.1) is 12.2 Å². The lowest BCUT2D eigenvalue weighted by atomic mass is 9.47. The Bertz CT molecular complexity index is 1290. The molecule has 2 saturated carbocycles. The minimum atomic E-state index is -0.990. The highest BCUT2D eigenvalue weighted by molar-refractivity contribution is 5.93. The highest BCUT2D eigenvalue weighted by Gasteiger charge is 2.67. The molecule has 2 fully saturated rings. The van der Waals surface area contributed by atoms with Crippen LogP contribution in [0, 0.1) is 28.6 Å². The van der Waals surface area contributed by atoms with Crippen LogP contribution < -0.4 is 5.73 Å². The number of carbonyl (C=O) groups is 4. The van der Waals surface area contributed by atoms with E-state index < -0.39 is 5.60 Å². The molecule has 4 aliphatic rings. The molecule has 7 nitrogen and oxygen atoms in total. The van der Waals surface area contributed by atoms with Crippen LogP contribution in [0.5, 0.6) is 0 Å². The van der Waals surface area contributed by atoms with Gasteiger partial charge in [0, 0.05) is 24.4 Å². The van der Waals surface area contributed by atoms with E-state index in [1.807, 2.05) is 6.08 Å². The Hall–Kier alpha value is -3.22. The fourth-order valence-electron chi connectivity index (χ4n) is 8.49. The molecule has 1 aromatic carbocycles. The van der Waals surface area contributed by atoms with Crippen LogP contribution in [-0.4, -0.2) is 35.7 Å². The van der Waals surface area contributed by atoms with Crippen LogP contribution in [0.4, 0.5) is 5.69 Å². The summed E-state index contributed by atoms with van der Waals surface area (Å²) in [5.74, 6) is 0.749. The van der Waals surface area contributed by atoms with Gasteiger partial charge in [0.1, 0.15) is 0 Å². The summed E-state index contributed by atoms with van der Waals surface area (Å²) in [7, 11) is 0. The summed E-state index contributed by atoms with van der Waals surface area (Å²) < 4.78 is 10.8. The molecular weight excluding hydrogens is 530 g/mol. The first-order valence-corrected chi connectivity index (χ1v) is 15.5. The monoisotopic (exact) mass is 577 g/mol. The molecule has 6 unspecified atom stereocenters. The standard InChI is InChI=1S/C24H32O4.C11H15NO2/c1-14-12-18-19(22(4)9-6-17(27)13-21(14)22)7-10-23(5)20(18)8-11-24(23,15(2)25)28-16(3)26;1-2-3-8-14-11(13)9-4-6-10(12)7-5-9/h12-13,18-20H,6-11H2,1-5H3;4-7H,2-3,8,12H2,1H3. The number of unbranched alkanes of at least 4 members (excludes halogenated alkanes) is 1. The average molecular weight is 578 g/mol. The lowest BCUT2D eigenvalue weighted by Crippen LogP contribution is -2.58. The second-order valence-corrected chi connectivity index (χ2v) is 13.2. The Balaban J connectivity index is 0.000000244. The number of esters is 2. The van der Waals surface area contributed by atoms with Crippen molar-refractivity contribution in [1.29, 1.82) is 0 Å². The fourth-order valence-corrected chi connectivity index (χ4v) is 8.49. The topological polar surface area (TPSA) is 113 Å². The lowest BCUT2D eigenvalue weighted by molar-refractivity contribution is -0.185. The number of hydrogen-bond acceptors (Lipinski definition) is 7. The molecule has 7 heteroatoms. The number of ether oxygens (including phenoxy) is 2. The largest absolute Gasteiger partial charge is 0.462 e. The average Bonchev–Trinajstić information content (AvgIpc) is 3.23. The van der Waals surface area contributed by atoms with E-state index in [0.29, 0.717) is 48.5 Å². The summed E-state index contributed by atoms with van der Waals surface area (Å²) in [6.07, 6.45) is 11.1. The summed E-state index contributed by atoms with van der Waals surface area (Å²) in [6, 6.07) is 6.72. The van der Waals surface area contributed by atoms with Crippen LogP contribution in [0.15, 0.2) is 47.6 Å². The van der Waals surface area contributed by atoms with Crippen molar-refractivity contribution in [2.75, 3.05) is 12.3 Å². The molecule has 0 heterocycles. The number of hydrogen-bond donors (Lipinski definition) is 1. The van der Waals surface area contributed by atoms with Gasteiger partial charge in [-0.15, -0.1) is 0 Å². The number of ketones is 2. The van der Waals surface area contributed by atoms with Gasteiger partial charge < -0.3 is 15.2 Å². The molecule has 42 heavy (non-hydrogen) atoms. The van der Waals surface area contributed by atoms with E-state index >= 15 is 0 Å². The maximum atomic E-state index is 12.8. The van der Waals surface area contributed by atoms with Gasteiger partial charge in [-0.25, -0.2) is 4.79 Å². The Labute approximate surface area is 250 Å². The Morgan fingerprint density at radius 3 is 2.29 bits per heavy atom. The molecule has 0 radical (unpaired) electrons. The smallest absolute Gasteiger partial charge is 0.338 e. The maximum Gasteiger partial charge on any atom is 0.338 e. The predicted molar refractivity (Wildman–Crippen MR) is 162 cm³/mol. The van der Waals surface area contributed by atoms with Crippen molar-refractivity contribution in [2.24, 2.45) is 28.6 Å². The van der Waals surface area contributed by atoms with Crippen LogP contribution in [-0.2, 0) is 23.9 Å². The molecule has 0 aromatic heterocycles. The molecule has 1 aromatic rings. The zero-order valence-corrected chi connectivity index (χ0v) is 26.1. The molecule has 0 spiro atoms. The zero-order valence-electron chi connectivity index (χ0n) is 26.1. The van der Waals surface area contributed by atoms with Gasteiger partial charge in [0.25, 0.3) is 0 Å². The third kappa shape index (κ3) is 5.59. The number of nitrogen functional groups attached to an aromatic ring is 1. The summed E-state index contributed by atoms with van der Waals surface area (Å²) in [6.45, 7) is 12.2. The van der Waals surface area contributed by atoms with Gasteiger partial charge in [-0.1, -0.05) is 38.8 Å². The van der Waals surface area contributed by atoms with Gasteiger partial charge in [-0.05, 0) is 111 Å². The molecule has 0 saturated heterocycles. The number of Topliss-reactive ketones (excluding diaryl/α,β-unsaturated/α-hetero) is 1. The molecule has 2 N–H and O–H groups in total. The molecular formula is C35H47NO6. The normalized spacial score (nSPS) is 33.0. The van der Waals surface area contributed by atoms with Crippen molar-refractivity contribution in [3.8, 4) is 0 Å². The number of benzene rings is 1. The van der Waals surface area contributed by atoms with E-state index in [0.717, 1.165) is 38.5 Å². The maximum absolute atomic E-state index is 12.8. The summed E-state index contributed by atoms with van der Waals surface area (Å²) in [4.78, 5) is 48.1. The minimum absolute atomic E-state index is 0.0160. The third-order valence-corrected chi connectivity index (χ3v) is 10.7. The quantitative estimate of drug-likeness (QED) is 0.225. The first-order chi connectivity index (χ1) is 19.8. The van der Waals surface area contributed by atoms with E-state index in [4.69, 9.17) is 15.2 Å². The Morgan fingerprint density at radius 2 is 1.67 bits per heavy atom. The molecule has 228 valence electrons. The number of nitrogens with two attached hydrogens (primary N) is 1. The summed E-state index contributed by atoms with van der Waals surface area (Å²) >= 11 is 0. The van der Waals surface area contributed by atoms with Crippen LogP contribution in [0.1, 0.15) is 103 Å². The zero-order chi connectivity index (χ0) is 30.9. The number of carbonyl (C=O) groups excluding carboxylic acids is 4. The lowest BCUT2D eigenvalue weighted by Gasteiger charge is -2.58. The molecule has 0 aliphatic heterocycles. The molecule has 5 rings (SSSR count). The first-order valence-electron chi connectivity index (χ1n) is 15.5. The van der Waals surface area contributed by atoms with Crippen molar-refractivity contribution >= 4 is 29.2 Å². The molecule has 0 amide bonds. The molecule has 4 aliphatic carbocycles. The van der Waals surface area contributed by atoms with Crippen molar-refractivity contribution < 1.29 is 28.7 Å². The van der Waals surface area contributed by atoms with E-state index in [1.165, 1.54) is 18.1 Å². The van der Waals surface area contributed by atoms with Gasteiger partial charge in [0.2, 0.25) is 0 Å². The SMILES string of the molecule is CC(=O)OC1(C(C)=O)CCC2C3C=C(C)C4=CC(=O)CCC4(C)C3CCC21C.CCCCOC(=O)c1ccc(N)cc1. The van der Waals surface area contributed by atoms with Crippen molar-refractivity contribution in [1.82, 2.24) is 0 Å². The van der Waals surface area contributed by atoms with Gasteiger partial charge in [-0.2, -0.15) is 0 Å². The Kier molecular flexibility index (Phi) is 9.19. The number of anilines is 1. The van der Waals surface area contributed by atoms with Crippen LogP contribution in [0.3, 0.4) is 0 Å². The van der Waals surface area contributed by atoms with Crippen LogP contribution in [0.2, 0.25) is 0 Å². The summed E-state index contributed by atoms with van der Waals surface area (Å²) in [5.41, 5.74) is 7.85. The highest BCUT2D eigenvalue weighted by Crippen LogP contribution is 2.67. The van der Waals surface area contributed by atoms with Crippen LogP contribution in [0.25, 0.3) is 0 Å². The molecule has 6 atom stereocenters. The summed E-state index contributed by atoms with van der Waals surface area (Å²) in [5, 5.41) is 0. The second-order valence-electron chi connectivity index (χ2n) is 13.2. The number of rotatable bonds is 6. The predicted octanol–water partition coefficient (Wildman–Crippen LogP) is 6.80. The van der Waals surface area contributed by atoms with E-state index in [-0.39, 0.29) is 34.3 Å².